The van der Waals surface area contributed by atoms with Gasteiger partial charge >= 0.3 is 0 Å². The zero-order valence-corrected chi connectivity index (χ0v) is 15.9. The fourth-order valence-corrected chi connectivity index (χ4v) is 3.23. The van der Waals surface area contributed by atoms with E-state index in [1.54, 1.807) is 0 Å². The molecule has 0 bridgehead atoms. The zero-order valence-electron chi connectivity index (χ0n) is 15.9. The van der Waals surface area contributed by atoms with E-state index in [4.69, 9.17) is 10.8 Å². The van der Waals surface area contributed by atoms with E-state index < -0.39 is 11.4 Å². The Balaban J connectivity index is 1.99. The average molecular weight is 375 g/mol. The lowest BCUT2D eigenvalue weighted by Crippen LogP contribution is -2.17. The number of aromatic amines is 1. The number of benzene rings is 1. The van der Waals surface area contributed by atoms with E-state index in [9.17, 15) is 4.79 Å². The topological polar surface area (TPSA) is 130 Å². The first-order chi connectivity index (χ1) is 13.4. The van der Waals surface area contributed by atoms with Crippen molar-refractivity contribution in [1.29, 1.82) is 5.26 Å². The molecule has 1 amide bonds. The predicted octanol–water partition coefficient (Wildman–Crippen LogP) is 5.04. The number of nitrogens with zero attached hydrogens (tertiary/aromatic N) is 5. The van der Waals surface area contributed by atoms with Crippen molar-refractivity contribution in [3.63, 3.8) is 0 Å². The van der Waals surface area contributed by atoms with Gasteiger partial charge in [0.05, 0.1) is 11.7 Å². The van der Waals surface area contributed by atoms with Crippen molar-refractivity contribution in [2.24, 2.45) is 5.11 Å². The molecule has 2 aromatic rings. The number of amides is 1. The monoisotopic (exact) mass is 375 g/mol. The van der Waals surface area contributed by atoms with Crippen LogP contribution < -0.4 is 5.32 Å². The molecule has 1 aromatic carbocycles. The van der Waals surface area contributed by atoms with Crippen molar-refractivity contribution in [1.82, 2.24) is 9.97 Å². The van der Waals surface area contributed by atoms with Gasteiger partial charge in [-0.05, 0) is 54.5 Å². The molecule has 0 fully saturated rings. The van der Waals surface area contributed by atoms with Crippen molar-refractivity contribution in [2.45, 2.75) is 45.1 Å². The van der Waals surface area contributed by atoms with Gasteiger partial charge in [0.25, 0.3) is 5.91 Å². The number of carbonyl (C=O) groups excluding carboxylic acids is 1. The van der Waals surface area contributed by atoms with Crippen LogP contribution in [0.25, 0.3) is 16.0 Å². The molecule has 8 nitrogen and oxygen atoms in total. The van der Waals surface area contributed by atoms with Crippen LogP contribution in [0.15, 0.2) is 35.6 Å². The number of H-pyrrole nitrogens is 1. The Kier molecular flexibility index (Phi) is 5.48. The number of rotatable bonds is 5. The number of hydrogen-bond acceptors (Lipinski definition) is 4. The quantitative estimate of drug-likeness (QED) is 0.431. The number of azide groups is 1. The van der Waals surface area contributed by atoms with Gasteiger partial charge in [0.15, 0.2) is 5.82 Å². The molecular formula is C20H21N7O. The maximum absolute atomic E-state index is 12.6. The summed E-state index contributed by atoms with van der Waals surface area (Å²) in [6, 6.07) is 7.56. The SMILES string of the molecule is CC(C)(N=[N+]=[N-])c1ccc(NC(=O)c2ncc(C#N)[nH]2)c(C2=CCCCC2)c1. The molecule has 1 aliphatic carbocycles. The normalized spacial score (nSPS) is 13.8. The molecule has 1 aliphatic rings. The highest BCUT2D eigenvalue weighted by Crippen LogP contribution is 2.36. The van der Waals surface area contributed by atoms with Crippen molar-refractivity contribution in [2.75, 3.05) is 5.32 Å². The third-order valence-corrected chi connectivity index (χ3v) is 4.82. The number of aromatic nitrogens is 2. The summed E-state index contributed by atoms with van der Waals surface area (Å²) in [5, 5.41) is 15.7. The van der Waals surface area contributed by atoms with E-state index in [1.807, 2.05) is 38.1 Å². The lowest BCUT2D eigenvalue weighted by atomic mass is 9.87. The second-order valence-electron chi connectivity index (χ2n) is 7.20. The molecule has 28 heavy (non-hydrogen) atoms. The van der Waals surface area contributed by atoms with Crippen LogP contribution in [0.2, 0.25) is 0 Å². The Labute approximate surface area is 162 Å². The molecule has 1 heterocycles. The number of nitriles is 1. The Morgan fingerprint density at radius 1 is 1.43 bits per heavy atom. The Morgan fingerprint density at radius 3 is 2.89 bits per heavy atom. The second kappa shape index (κ2) is 7.99. The van der Waals surface area contributed by atoms with Crippen molar-refractivity contribution < 1.29 is 4.79 Å². The van der Waals surface area contributed by atoms with Crippen LogP contribution in [0, 0.1) is 11.3 Å². The summed E-state index contributed by atoms with van der Waals surface area (Å²) in [7, 11) is 0. The molecule has 2 N–H and O–H groups in total. The highest BCUT2D eigenvalue weighted by molar-refractivity contribution is 6.03. The summed E-state index contributed by atoms with van der Waals surface area (Å²) in [6.07, 6.45) is 7.68. The number of hydrogen-bond donors (Lipinski definition) is 2. The predicted molar refractivity (Wildman–Crippen MR) is 106 cm³/mol. The maximum Gasteiger partial charge on any atom is 0.291 e. The minimum atomic E-state index is -0.704. The second-order valence-corrected chi connectivity index (χ2v) is 7.20. The molecule has 1 aromatic heterocycles. The molecular weight excluding hydrogens is 354 g/mol. The summed E-state index contributed by atoms with van der Waals surface area (Å²) in [6.45, 7) is 3.71. The number of allylic oxidation sites excluding steroid dienone is 2. The minimum absolute atomic E-state index is 0.0820. The van der Waals surface area contributed by atoms with Gasteiger partial charge in [-0.2, -0.15) is 5.26 Å². The van der Waals surface area contributed by atoms with Gasteiger partial charge in [-0.25, -0.2) is 4.98 Å². The van der Waals surface area contributed by atoms with Crippen LogP contribution >= 0.6 is 0 Å². The van der Waals surface area contributed by atoms with E-state index in [2.05, 4.69) is 31.4 Å². The third kappa shape index (κ3) is 4.05. The molecule has 0 aliphatic heterocycles. The fourth-order valence-electron chi connectivity index (χ4n) is 3.23. The Bertz CT molecular complexity index is 1020. The lowest BCUT2D eigenvalue weighted by Gasteiger charge is -2.23. The van der Waals surface area contributed by atoms with Gasteiger partial charge in [0, 0.05) is 16.2 Å². The largest absolute Gasteiger partial charge is 0.326 e. The van der Waals surface area contributed by atoms with Gasteiger partial charge in [-0.15, -0.1) is 0 Å². The number of anilines is 1. The zero-order chi connectivity index (χ0) is 20.1. The van der Waals surface area contributed by atoms with Crippen molar-refractivity contribution in [3.8, 4) is 6.07 Å². The summed E-state index contributed by atoms with van der Waals surface area (Å²) >= 11 is 0. The smallest absolute Gasteiger partial charge is 0.291 e. The molecule has 3 rings (SSSR count). The molecule has 142 valence electrons. The van der Waals surface area contributed by atoms with E-state index in [0.29, 0.717) is 5.69 Å². The van der Waals surface area contributed by atoms with E-state index in [0.717, 1.165) is 42.4 Å². The van der Waals surface area contributed by atoms with Crippen LogP contribution in [0.3, 0.4) is 0 Å². The van der Waals surface area contributed by atoms with E-state index in [-0.39, 0.29) is 11.5 Å². The first-order valence-corrected chi connectivity index (χ1v) is 9.11. The van der Waals surface area contributed by atoms with Gasteiger partial charge in [-0.1, -0.05) is 31.1 Å². The average Bonchev–Trinajstić information content (AvgIpc) is 3.18. The summed E-state index contributed by atoms with van der Waals surface area (Å²) in [5.41, 5.74) is 12.0. The highest BCUT2D eigenvalue weighted by Gasteiger charge is 2.22. The van der Waals surface area contributed by atoms with Gasteiger partial charge in [0.2, 0.25) is 0 Å². The summed E-state index contributed by atoms with van der Waals surface area (Å²) < 4.78 is 0. The first kappa shape index (κ1) is 19.2. The standard InChI is InChI=1S/C20H21N7O/c1-20(2,26-27-22)14-8-9-17(16(10-14)13-6-4-3-5-7-13)25-19(28)18-23-12-15(11-21)24-18/h6,8-10,12H,3-5,7H2,1-2H3,(H,23,24)(H,25,28). The third-order valence-electron chi connectivity index (χ3n) is 4.82. The summed E-state index contributed by atoms with van der Waals surface area (Å²) in [5.74, 6) is -0.333. The molecule has 0 radical (unpaired) electrons. The van der Waals surface area contributed by atoms with Crippen molar-refractivity contribution in [3.05, 3.63) is 63.6 Å². The van der Waals surface area contributed by atoms with Crippen LogP contribution in [0.5, 0.6) is 0 Å². The first-order valence-electron chi connectivity index (χ1n) is 9.11. The molecule has 0 atom stereocenters. The molecule has 8 heteroatoms. The maximum atomic E-state index is 12.6. The van der Waals surface area contributed by atoms with Crippen molar-refractivity contribution >= 4 is 17.2 Å². The fraction of sp³-hybridized carbons (Fsp3) is 0.350. The number of nitrogens with one attached hydrogen (secondary N) is 2. The lowest BCUT2D eigenvalue weighted by molar-refractivity contribution is 0.101. The van der Waals surface area contributed by atoms with Crippen LogP contribution in [-0.2, 0) is 5.54 Å². The Hall–Kier alpha value is -3.56. The van der Waals surface area contributed by atoms with Gasteiger partial charge in [0.1, 0.15) is 11.8 Å². The van der Waals surface area contributed by atoms with Crippen LogP contribution in [0.4, 0.5) is 5.69 Å². The molecule has 0 saturated carbocycles. The van der Waals surface area contributed by atoms with Gasteiger partial charge < -0.3 is 10.3 Å². The van der Waals surface area contributed by atoms with Crippen LogP contribution in [-0.4, -0.2) is 15.9 Å². The van der Waals surface area contributed by atoms with Gasteiger partial charge in [-0.3, -0.25) is 4.79 Å². The molecule has 0 saturated heterocycles. The molecule has 0 spiro atoms. The highest BCUT2D eigenvalue weighted by atomic mass is 16.2. The van der Waals surface area contributed by atoms with E-state index in [1.165, 1.54) is 6.20 Å². The summed E-state index contributed by atoms with van der Waals surface area (Å²) in [4.78, 5) is 22.1. The number of imidazole rings is 1. The molecule has 0 unspecified atom stereocenters. The minimum Gasteiger partial charge on any atom is -0.326 e. The van der Waals surface area contributed by atoms with E-state index >= 15 is 0 Å². The van der Waals surface area contributed by atoms with Crippen LogP contribution in [0.1, 0.15) is 67.0 Å². The number of carbonyl (C=O) groups is 1. The Morgan fingerprint density at radius 2 is 2.25 bits per heavy atom.